The molecule has 1 aromatic carbocycles. The average Bonchev–Trinajstić information content (AvgIpc) is 3.16. The molecule has 8 nitrogen and oxygen atoms in total. The predicted octanol–water partition coefficient (Wildman–Crippen LogP) is 1.62. The highest BCUT2D eigenvalue weighted by molar-refractivity contribution is 7.19. The van der Waals surface area contributed by atoms with E-state index in [1.54, 1.807) is 40.1 Å². The van der Waals surface area contributed by atoms with Gasteiger partial charge in [0.15, 0.2) is 5.43 Å². The highest BCUT2D eigenvalue weighted by Gasteiger charge is 2.28. The number of benzene rings is 1. The Bertz CT molecular complexity index is 1140. The van der Waals surface area contributed by atoms with E-state index in [4.69, 9.17) is 4.74 Å². The Morgan fingerprint density at radius 1 is 1.23 bits per heavy atom. The van der Waals surface area contributed by atoms with E-state index in [0.717, 1.165) is 15.0 Å². The smallest absolute Gasteiger partial charge is 0.274 e. The minimum absolute atomic E-state index is 0.00449. The summed E-state index contributed by atoms with van der Waals surface area (Å²) in [5, 5.41) is 5.71. The van der Waals surface area contributed by atoms with Crippen LogP contribution in [0.1, 0.15) is 25.7 Å². The highest BCUT2D eigenvalue weighted by atomic mass is 32.1. The number of aromatic nitrogens is 1. The summed E-state index contributed by atoms with van der Waals surface area (Å²) in [5.74, 6) is -0.727. The number of rotatable bonds is 6. The molecular formula is C21H22N4O4S. The normalized spacial score (nSPS) is 13.6. The maximum absolute atomic E-state index is 12.7. The zero-order valence-corrected chi connectivity index (χ0v) is 17.6. The van der Waals surface area contributed by atoms with Gasteiger partial charge >= 0.3 is 0 Å². The van der Waals surface area contributed by atoms with E-state index in [-0.39, 0.29) is 17.2 Å². The van der Waals surface area contributed by atoms with Crippen molar-refractivity contribution in [2.24, 2.45) is 0 Å². The molecule has 0 saturated carbocycles. The maximum Gasteiger partial charge on any atom is 0.274 e. The van der Waals surface area contributed by atoms with Crippen molar-refractivity contribution in [1.29, 1.82) is 0 Å². The summed E-state index contributed by atoms with van der Waals surface area (Å²) in [6.07, 6.45) is 1.43. The molecule has 2 amide bonds. The Morgan fingerprint density at radius 3 is 2.80 bits per heavy atom. The number of ether oxygens (including phenoxy) is 1. The fourth-order valence-electron chi connectivity index (χ4n) is 3.44. The molecule has 1 aliphatic rings. The Kier molecular flexibility index (Phi) is 5.56. The number of amides is 2. The zero-order chi connectivity index (χ0) is 21.3. The van der Waals surface area contributed by atoms with Gasteiger partial charge in [-0.1, -0.05) is 18.2 Å². The van der Waals surface area contributed by atoms with E-state index < -0.39 is 11.3 Å². The number of methoxy groups -OCH3 is 1. The van der Waals surface area contributed by atoms with E-state index in [9.17, 15) is 14.4 Å². The van der Waals surface area contributed by atoms with Crippen molar-refractivity contribution in [2.75, 3.05) is 39.0 Å². The zero-order valence-electron chi connectivity index (χ0n) is 16.8. The summed E-state index contributed by atoms with van der Waals surface area (Å²) in [4.78, 5) is 40.5. The molecule has 1 N–H and O–H groups in total. The van der Waals surface area contributed by atoms with Crippen LogP contribution in [0.5, 0.6) is 0 Å². The van der Waals surface area contributed by atoms with Crippen LogP contribution in [0, 0.1) is 0 Å². The molecule has 30 heavy (non-hydrogen) atoms. The van der Waals surface area contributed by atoms with Crippen LogP contribution in [0.3, 0.4) is 0 Å². The number of nitrogens with one attached hydrogen (secondary N) is 1. The Hall–Kier alpha value is -3.17. The van der Waals surface area contributed by atoms with Crippen LogP contribution >= 0.6 is 11.3 Å². The first kappa shape index (κ1) is 20.1. The van der Waals surface area contributed by atoms with Crippen molar-refractivity contribution in [3.8, 4) is 0 Å². The number of hydrogen-bond acceptors (Lipinski definition) is 6. The van der Waals surface area contributed by atoms with Gasteiger partial charge in [0.1, 0.15) is 17.9 Å². The molecule has 0 bridgehead atoms. The van der Waals surface area contributed by atoms with Crippen LogP contribution in [0.4, 0.5) is 0 Å². The quantitative estimate of drug-likeness (QED) is 0.648. The molecule has 0 spiro atoms. The highest BCUT2D eigenvalue weighted by Crippen LogP contribution is 2.25. The number of nitrogens with zero attached hydrogens (tertiary/aromatic N) is 3. The molecule has 0 atom stereocenters. The van der Waals surface area contributed by atoms with Gasteiger partial charge in [0.25, 0.3) is 11.8 Å². The summed E-state index contributed by atoms with van der Waals surface area (Å²) in [7, 11) is 3.36. The molecular weight excluding hydrogens is 404 g/mol. The van der Waals surface area contributed by atoms with Crippen molar-refractivity contribution >= 4 is 33.2 Å². The molecule has 3 heterocycles. The fraction of sp³-hybridized carbons (Fsp3) is 0.286. The Morgan fingerprint density at radius 2 is 2.03 bits per heavy atom. The van der Waals surface area contributed by atoms with Gasteiger partial charge in [0.05, 0.1) is 13.2 Å². The van der Waals surface area contributed by atoms with Crippen LogP contribution in [-0.2, 0) is 11.3 Å². The first-order valence-electron chi connectivity index (χ1n) is 9.50. The van der Waals surface area contributed by atoms with Crippen molar-refractivity contribution in [2.45, 2.75) is 6.54 Å². The third kappa shape index (κ3) is 3.81. The third-order valence-corrected chi connectivity index (χ3v) is 6.11. The van der Waals surface area contributed by atoms with Crippen LogP contribution < -0.4 is 15.8 Å². The van der Waals surface area contributed by atoms with E-state index in [2.05, 4.69) is 5.32 Å². The largest absolute Gasteiger partial charge is 0.383 e. The molecule has 0 radical (unpaired) electrons. The molecule has 0 fully saturated rings. The number of fused-ring (bicyclic) bond motifs is 2. The van der Waals surface area contributed by atoms with Gasteiger partial charge in [-0.25, -0.2) is 0 Å². The number of carbonyl (C=O) groups is 2. The number of carbonyl (C=O) groups excluding carboxylic acids is 2. The first-order chi connectivity index (χ1) is 14.5. The van der Waals surface area contributed by atoms with Crippen LogP contribution in [0.25, 0.3) is 10.1 Å². The molecule has 0 saturated heterocycles. The van der Waals surface area contributed by atoms with Crippen molar-refractivity contribution in [3.05, 3.63) is 69.0 Å². The first-order valence-corrected chi connectivity index (χ1v) is 10.3. The molecule has 9 heteroatoms. The average molecular weight is 426 g/mol. The van der Waals surface area contributed by atoms with Crippen molar-refractivity contribution < 1.29 is 14.3 Å². The van der Waals surface area contributed by atoms with Crippen LogP contribution in [-0.4, -0.2) is 55.4 Å². The second-order valence-corrected chi connectivity index (χ2v) is 8.24. The summed E-state index contributed by atoms with van der Waals surface area (Å²) >= 11 is 1.60. The minimum Gasteiger partial charge on any atom is -0.383 e. The lowest BCUT2D eigenvalue weighted by Crippen LogP contribution is -2.53. The molecule has 3 aromatic rings. The Balaban J connectivity index is 1.53. The second kappa shape index (κ2) is 8.29. The molecule has 4 rings (SSSR count). The van der Waals surface area contributed by atoms with Crippen LogP contribution in [0.15, 0.2) is 47.4 Å². The summed E-state index contributed by atoms with van der Waals surface area (Å²) in [5.41, 5.74) is -0.249. The van der Waals surface area contributed by atoms with Gasteiger partial charge in [-0.15, -0.1) is 11.3 Å². The van der Waals surface area contributed by atoms with E-state index >= 15 is 0 Å². The lowest BCUT2D eigenvalue weighted by atomic mass is 10.2. The SMILES string of the molecule is COCCN1CN(C)n2cc(C(=O)NCc3cc4ccccc4s3)c(=O)cc2C1=O. The predicted molar refractivity (Wildman–Crippen MR) is 116 cm³/mol. The second-order valence-electron chi connectivity index (χ2n) is 7.07. The molecule has 156 valence electrons. The summed E-state index contributed by atoms with van der Waals surface area (Å²) < 4.78 is 7.74. The number of hydrogen-bond donors (Lipinski definition) is 1. The minimum atomic E-state index is -0.481. The molecule has 2 aromatic heterocycles. The lowest BCUT2D eigenvalue weighted by molar-refractivity contribution is 0.0634. The van der Waals surface area contributed by atoms with E-state index in [1.165, 1.54) is 12.3 Å². The van der Waals surface area contributed by atoms with Gasteiger partial charge in [-0.3, -0.25) is 24.1 Å². The van der Waals surface area contributed by atoms with Crippen LogP contribution in [0.2, 0.25) is 0 Å². The maximum atomic E-state index is 12.7. The summed E-state index contributed by atoms with van der Waals surface area (Å²) in [6.45, 7) is 1.49. The number of thiophene rings is 1. The summed E-state index contributed by atoms with van der Waals surface area (Å²) in [6, 6.07) is 11.3. The fourth-order valence-corrected chi connectivity index (χ4v) is 4.44. The topological polar surface area (TPSA) is 83.9 Å². The lowest BCUT2D eigenvalue weighted by Gasteiger charge is -2.37. The monoisotopic (exact) mass is 426 g/mol. The standard InChI is InChI=1S/C21H22N4O4S/c1-23-13-24(7-8-29-2)21(28)17-10-18(26)16(12-25(17)23)20(27)22-11-15-9-14-5-3-4-6-19(14)30-15/h3-6,9-10,12H,7-8,11,13H2,1-2H3,(H,22,27). The molecule has 0 unspecified atom stereocenters. The molecule has 0 aliphatic carbocycles. The third-order valence-electron chi connectivity index (χ3n) is 4.99. The van der Waals surface area contributed by atoms with E-state index in [0.29, 0.717) is 26.4 Å². The van der Waals surface area contributed by atoms with Gasteiger partial charge < -0.3 is 15.0 Å². The van der Waals surface area contributed by atoms with Gasteiger partial charge in [-0.05, 0) is 17.5 Å². The van der Waals surface area contributed by atoms with Gasteiger partial charge in [-0.2, -0.15) is 0 Å². The van der Waals surface area contributed by atoms with Gasteiger partial charge in [0.2, 0.25) is 0 Å². The van der Waals surface area contributed by atoms with E-state index in [1.807, 2.05) is 30.3 Å². The van der Waals surface area contributed by atoms with Crippen molar-refractivity contribution in [3.63, 3.8) is 0 Å². The Labute approximate surface area is 177 Å². The molecule has 1 aliphatic heterocycles. The van der Waals surface area contributed by atoms with Gasteiger partial charge in [0, 0.05) is 42.5 Å². The number of pyridine rings is 1. The van der Waals surface area contributed by atoms with Crippen molar-refractivity contribution in [1.82, 2.24) is 14.9 Å².